The van der Waals surface area contributed by atoms with Crippen molar-refractivity contribution in [2.24, 2.45) is 17.4 Å². The number of rotatable bonds is 57. The molecule has 0 aliphatic carbocycles. The number of anilines is 2. The number of carbonyl (C=O) groups is 14. The van der Waals surface area contributed by atoms with E-state index in [2.05, 4.69) is 46.7 Å². The summed E-state index contributed by atoms with van der Waals surface area (Å²) in [6.07, 6.45) is 3.42. The van der Waals surface area contributed by atoms with Gasteiger partial charge in [-0.2, -0.15) is 13.2 Å². The van der Waals surface area contributed by atoms with Gasteiger partial charge in [-0.1, -0.05) is 119 Å². The van der Waals surface area contributed by atoms with Crippen LogP contribution in [-0.2, 0) is 89.3 Å². The van der Waals surface area contributed by atoms with Gasteiger partial charge in [-0.25, -0.2) is 28.8 Å². The van der Waals surface area contributed by atoms with Crippen molar-refractivity contribution >= 4 is 94.5 Å². The Morgan fingerprint density at radius 2 is 0.702 bits per heavy atom. The van der Waals surface area contributed by atoms with Gasteiger partial charge in [0.25, 0.3) is 0 Å². The first kappa shape index (κ1) is 109. The zero-order valence-corrected chi connectivity index (χ0v) is 72.6. The van der Waals surface area contributed by atoms with Crippen molar-refractivity contribution < 1.29 is 132 Å². The third kappa shape index (κ3) is 52.5. The predicted molar refractivity (Wildman–Crippen MR) is 452 cm³/mol. The average Bonchev–Trinajstić information content (AvgIpc) is 0.837. The van der Waals surface area contributed by atoms with Crippen molar-refractivity contribution in [3.8, 4) is 0 Å². The largest absolute Gasteiger partial charge is 0.469 e. The molecule has 0 heterocycles. The van der Waals surface area contributed by atoms with E-state index in [1.54, 1.807) is 27.7 Å². The first-order valence-electron chi connectivity index (χ1n) is 41.2. The monoisotopic (exact) mass is 1750 g/mol. The van der Waals surface area contributed by atoms with Crippen molar-refractivity contribution in [3.05, 3.63) is 130 Å². The van der Waals surface area contributed by atoms with E-state index in [0.29, 0.717) is 102 Å². The summed E-state index contributed by atoms with van der Waals surface area (Å²) in [5.74, 6) is -4.63. The fourth-order valence-corrected chi connectivity index (χ4v) is 11.2. The Bertz CT molecular complexity index is 3850. The van der Waals surface area contributed by atoms with Crippen LogP contribution in [0, 0.1) is 5.92 Å². The normalized spacial score (nSPS) is 11.9. The molecule has 0 aromatic heterocycles. The van der Waals surface area contributed by atoms with Crippen LogP contribution in [0.1, 0.15) is 216 Å². The number of ketones is 5. The van der Waals surface area contributed by atoms with Gasteiger partial charge < -0.3 is 101 Å². The molecular formula is C87H126F3N9O25. The Morgan fingerprint density at radius 1 is 0.387 bits per heavy atom. The van der Waals surface area contributed by atoms with Gasteiger partial charge in [0.05, 0.1) is 87.2 Å². The number of methoxy groups -OCH3 is 4. The summed E-state index contributed by atoms with van der Waals surface area (Å²) in [5.41, 5.74) is 14.3. The second-order valence-corrected chi connectivity index (χ2v) is 29.3. The molecule has 0 spiro atoms. The van der Waals surface area contributed by atoms with Crippen LogP contribution < -0.4 is 48.7 Å². The van der Waals surface area contributed by atoms with Gasteiger partial charge in [0, 0.05) is 92.4 Å². The van der Waals surface area contributed by atoms with Gasteiger partial charge in [0.2, 0.25) is 5.78 Å². The maximum atomic E-state index is 13.4. The van der Waals surface area contributed by atoms with Gasteiger partial charge >= 0.3 is 60.4 Å². The minimum Gasteiger partial charge on any atom is -0.469 e. The van der Waals surface area contributed by atoms with Crippen LogP contribution in [0.5, 0.6) is 0 Å². The molecule has 124 heavy (non-hydrogen) atoms. The van der Waals surface area contributed by atoms with Crippen LogP contribution in [0.4, 0.5) is 48.5 Å². The van der Waals surface area contributed by atoms with E-state index in [0.717, 1.165) is 24.0 Å². The Hall–Kier alpha value is -11.0. The molecule has 0 radical (unpaired) electrons. The second kappa shape index (κ2) is 63.9. The molecule has 4 aromatic rings. The number of halogens is 3. The summed E-state index contributed by atoms with van der Waals surface area (Å²) < 4.78 is 88.8. The highest BCUT2D eigenvalue weighted by atomic mass is 19.4. The van der Waals surface area contributed by atoms with Crippen molar-refractivity contribution in [2.75, 3.05) is 118 Å². The number of carbonyl (C=O) groups excluding carboxylic acids is 14. The van der Waals surface area contributed by atoms with E-state index in [4.69, 9.17) is 54.1 Å². The molecule has 34 nitrogen and oxygen atoms in total. The summed E-state index contributed by atoms with van der Waals surface area (Å²) >= 11 is 0. The number of esters is 4. The van der Waals surface area contributed by atoms with Crippen molar-refractivity contribution in [1.29, 1.82) is 0 Å². The Kier molecular flexibility index (Phi) is 56.2. The summed E-state index contributed by atoms with van der Waals surface area (Å²) in [7, 11) is 5.15. The molecule has 0 saturated carbocycles. The molecule has 0 aliphatic rings. The van der Waals surface area contributed by atoms with Gasteiger partial charge in [-0.05, 0) is 120 Å². The molecule has 11 N–H and O–H groups in total. The van der Waals surface area contributed by atoms with Gasteiger partial charge in [0.15, 0.2) is 23.1 Å². The molecule has 7 amide bonds. The molecule has 690 valence electrons. The summed E-state index contributed by atoms with van der Waals surface area (Å²) in [4.78, 5) is 171. The number of hydrogen-bond donors (Lipinski definition) is 9. The van der Waals surface area contributed by atoms with Gasteiger partial charge in [-0.3, -0.25) is 38.4 Å². The van der Waals surface area contributed by atoms with E-state index in [1.807, 2.05) is 60.7 Å². The molecule has 0 fully saturated rings. The number of unbranched alkanes of at least 4 members (excludes halogenated alkanes) is 8. The summed E-state index contributed by atoms with van der Waals surface area (Å²) in [5, 5.41) is 18.5. The van der Waals surface area contributed by atoms with Gasteiger partial charge in [0.1, 0.15) is 36.9 Å². The van der Waals surface area contributed by atoms with Crippen LogP contribution >= 0.6 is 0 Å². The zero-order valence-electron chi connectivity index (χ0n) is 72.6. The van der Waals surface area contributed by atoms with Crippen molar-refractivity contribution in [1.82, 2.24) is 26.6 Å². The molecule has 4 rings (SSSR count). The average molecular weight is 1750 g/mol. The van der Waals surface area contributed by atoms with Crippen molar-refractivity contribution in [3.63, 3.8) is 0 Å². The topological polar surface area (TPSA) is 477 Å². The fraction of sp³-hybridized carbons (Fsp3) is 0.563. The molecule has 0 saturated heterocycles. The lowest BCUT2D eigenvalue weighted by atomic mass is 9.97. The minimum atomic E-state index is -4.64. The Labute approximate surface area is 722 Å². The number of benzene rings is 4. The smallest absolute Gasteiger partial charge is 0.449 e. The van der Waals surface area contributed by atoms with Crippen molar-refractivity contribution in [2.45, 2.75) is 206 Å². The number of alkyl carbamates (subject to hydrolysis) is 3. The first-order valence-corrected chi connectivity index (χ1v) is 41.2. The fourth-order valence-electron chi connectivity index (χ4n) is 11.2. The third-order valence-corrected chi connectivity index (χ3v) is 17.9. The molecule has 4 atom stereocenters. The summed E-state index contributed by atoms with van der Waals surface area (Å²) in [6.45, 7) is 10.7. The third-order valence-electron chi connectivity index (χ3n) is 17.9. The molecule has 0 aliphatic heterocycles. The van der Waals surface area contributed by atoms with E-state index in [1.165, 1.54) is 64.8 Å². The standard InChI is InChI=1S/C45H66N4O13.C39H57N5O11.C3H3F3O/c1-32(40(52)57-5)16-10-7-14-20-38(50)34-28-35(39(51)21-15-9-13-19-37(41(53)58-6)49-44(56)62-45(2,3)4)30-36(29-34)48-42(54)46-22-24-59-26-27-60-25-23-47-43(55)61-31-33-17-11-8-12-18-33;1-51-36(47)32(40)14-8-4-10-16-34(45)29-24-30(35(46)17-11-5-9-15-33(41)37(48)52-2)26-31(25-29)44-38(49)42-18-20-53-22-23-54-21-19-43-39(50)55-27-28-12-6-3-7-13-28;1-2(7)3(4,5)6/h8,11-12,17-18,28-30,32,37H,7,9-10,13-16,19-27,31H2,1-6H3,(H,47,55)(H,49,56)(H2,46,48,54);3,6-7,12-13,24-26,32-33H,4-5,8-11,14-23,27,40-41H2,1-2H3,(H,43,50)(H2,42,44,49);1H3/t32-,37-;32-,33-;/m00./s1. The highest BCUT2D eigenvalue weighted by Gasteiger charge is 2.34. The first-order chi connectivity index (χ1) is 59.1. The molecule has 0 unspecified atom stereocenters. The Morgan fingerprint density at radius 3 is 1.02 bits per heavy atom. The molecule has 37 heteroatoms. The van der Waals surface area contributed by atoms with Crippen LogP contribution in [0.25, 0.3) is 0 Å². The highest BCUT2D eigenvalue weighted by molar-refractivity contribution is 6.05. The van der Waals surface area contributed by atoms with Crippen LogP contribution in [-0.4, -0.2) is 221 Å². The van der Waals surface area contributed by atoms with E-state index in [-0.39, 0.29) is 182 Å². The SMILES string of the molecule is CC(=O)C(F)(F)F.COC(=O)[C@@H](N)CCCCCC(=O)c1cc(NC(=O)NCCOCCOCCNC(=O)OCc2ccccc2)cc(C(=O)CCCCC[C@H](N)C(=O)OC)c1.COC(=O)[C@H](CCCCCC(=O)c1cc(NC(=O)NCCOCCOCCNC(=O)OCc2ccccc2)cc(C(=O)CCCCC[C@H](C)C(=O)OC)c1)NC(=O)OC(C)(C)C. The number of ether oxygens (including phenoxy) is 11. The molecular weight excluding hydrogens is 1630 g/mol. The second-order valence-electron chi connectivity index (χ2n) is 29.3. The maximum absolute atomic E-state index is 13.4. The molecule has 0 bridgehead atoms. The zero-order chi connectivity index (χ0) is 92.1. The number of Topliss-reactive ketones (excluding diaryl/α,β-unsaturated/α-hetero) is 5. The lowest BCUT2D eigenvalue weighted by molar-refractivity contribution is -0.168. The number of alkyl halides is 3. The van der Waals surface area contributed by atoms with E-state index >= 15 is 0 Å². The van der Waals surface area contributed by atoms with Crippen LogP contribution in [0.15, 0.2) is 97.1 Å². The highest BCUT2D eigenvalue weighted by Crippen LogP contribution is 2.24. The number of nitrogens with two attached hydrogens (primary N) is 2. The van der Waals surface area contributed by atoms with E-state index in [9.17, 15) is 80.3 Å². The lowest BCUT2D eigenvalue weighted by Gasteiger charge is -2.22. The van der Waals surface area contributed by atoms with Gasteiger partial charge in [-0.15, -0.1) is 0 Å². The quantitative estimate of drug-likeness (QED) is 0.00858. The minimum absolute atomic E-state index is 0.142. The summed E-state index contributed by atoms with van der Waals surface area (Å²) in [6, 6.07) is 24.5. The number of urea groups is 2. The number of hydrogen-bond acceptors (Lipinski definition) is 27. The van der Waals surface area contributed by atoms with Crippen LogP contribution in [0.3, 0.4) is 0 Å². The number of nitrogens with one attached hydrogen (secondary N) is 7. The lowest BCUT2D eigenvalue weighted by Crippen LogP contribution is -2.44. The van der Waals surface area contributed by atoms with Crippen LogP contribution in [0.2, 0.25) is 0 Å². The maximum Gasteiger partial charge on any atom is 0.449 e. The number of amides is 7. The predicted octanol–water partition coefficient (Wildman–Crippen LogP) is 12.1. The molecule has 4 aromatic carbocycles. The van der Waals surface area contributed by atoms with E-state index < -0.39 is 83.9 Å². The Balaban J connectivity index is 0.000000783.